The van der Waals surface area contributed by atoms with Gasteiger partial charge in [0.2, 0.25) is 0 Å². The Morgan fingerprint density at radius 3 is 2.24 bits per heavy atom. The number of aromatic carboxylic acids is 1. The van der Waals surface area contributed by atoms with E-state index in [2.05, 4.69) is 0 Å². The van der Waals surface area contributed by atoms with Crippen LogP contribution in [0.5, 0.6) is 0 Å². The summed E-state index contributed by atoms with van der Waals surface area (Å²) < 4.78 is 0. The molecule has 114 valence electrons. The van der Waals surface area contributed by atoms with Gasteiger partial charge in [0.05, 0.1) is 15.9 Å². The molecule has 0 radical (unpaired) electrons. The molecule has 9 nitrogen and oxygen atoms in total. The van der Waals surface area contributed by atoms with Crippen molar-refractivity contribution in [2.45, 2.75) is 6.92 Å². The van der Waals surface area contributed by atoms with E-state index in [1.807, 2.05) is 0 Å². The summed E-state index contributed by atoms with van der Waals surface area (Å²) in [6, 6.07) is 1.60. The number of carboxylic acids is 1. The molecule has 0 fully saturated rings. The van der Waals surface area contributed by atoms with E-state index in [0.717, 1.165) is 6.07 Å². The van der Waals surface area contributed by atoms with Crippen LogP contribution in [-0.4, -0.2) is 39.9 Å². The molecule has 1 aromatic rings. The number of alkyl halides is 1. The topological polar surface area (TPSA) is 127 Å². The summed E-state index contributed by atoms with van der Waals surface area (Å²) in [4.78, 5) is 32.8. The zero-order valence-electron chi connectivity index (χ0n) is 11.0. The van der Waals surface area contributed by atoms with E-state index in [9.17, 15) is 25.0 Å². The quantitative estimate of drug-likeness (QED) is 0.464. The monoisotopic (exact) mass is 317 g/mol. The van der Waals surface area contributed by atoms with Gasteiger partial charge in [-0.25, -0.2) is 4.79 Å². The van der Waals surface area contributed by atoms with E-state index in [4.69, 9.17) is 16.7 Å². The van der Waals surface area contributed by atoms with E-state index >= 15 is 0 Å². The van der Waals surface area contributed by atoms with Gasteiger partial charge in [-0.15, -0.1) is 11.6 Å². The third-order valence-corrected chi connectivity index (χ3v) is 2.96. The Morgan fingerprint density at radius 1 is 1.29 bits per heavy atom. The maximum atomic E-state index is 11.1. The molecule has 10 heteroatoms. The van der Waals surface area contributed by atoms with E-state index in [1.54, 1.807) is 6.92 Å². The first-order chi connectivity index (χ1) is 9.83. The number of benzene rings is 1. The van der Waals surface area contributed by atoms with Crippen LogP contribution in [0.25, 0.3) is 0 Å². The largest absolute Gasteiger partial charge is 0.477 e. The van der Waals surface area contributed by atoms with Crippen molar-refractivity contribution in [2.24, 2.45) is 0 Å². The van der Waals surface area contributed by atoms with Crippen molar-refractivity contribution in [2.75, 3.05) is 23.9 Å². The molecule has 0 aliphatic rings. The van der Waals surface area contributed by atoms with Gasteiger partial charge < -0.3 is 10.0 Å². The fraction of sp³-hybridized carbons (Fsp3) is 0.364. The van der Waals surface area contributed by atoms with Crippen LogP contribution < -0.4 is 4.90 Å². The molecule has 0 aromatic heterocycles. The standard InChI is InChI=1S/C11H12ClN3O6/c1-2-13(4-3-12)9-5-7(11(16)17)8(14(18)19)6-10(9)15(20)21/h5-6H,2-4H2,1H3,(H,16,17). The number of carboxylic acid groups (broad SMARTS) is 1. The summed E-state index contributed by atoms with van der Waals surface area (Å²) in [6.07, 6.45) is 0. The maximum absolute atomic E-state index is 11.1. The summed E-state index contributed by atoms with van der Waals surface area (Å²) in [5.41, 5.74) is -1.96. The van der Waals surface area contributed by atoms with Gasteiger partial charge in [0, 0.05) is 19.0 Å². The molecule has 0 amide bonds. The van der Waals surface area contributed by atoms with Crippen LogP contribution in [0.3, 0.4) is 0 Å². The van der Waals surface area contributed by atoms with Gasteiger partial charge in [0.1, 0.15) is 11.3 Å². The molecular weight excluding hydrogens is 306 g/mol. The second-order valence-electron chi connectivity index (χ2n) is 3.95. The summed E-state index contributed by atoms with van der Waals surface area (Å²) >= 11 is 5.60. The number of rotatable bonds is 7. The number of nitro groups is 2. The van der Waals surface area contributed by atoms with Gasteiger partial charge in [-0.3, -0.25) is 20.2 Å². The smallest absolute Gasteiger partial charge is 0.342 e. The number of carbonyl (C=O) groups is 1. The Morgan fingerprint density at radius 2 is 1.86 bits per heavy atom. The molecule has 0 atom stereocenters. The SMILES string of the molecule is CCN(CCCl)c1cc(C(=O)O)c([N+](=O)[O-])cc1[N+](=O)[O-]. The molecular formula is C11H12ClN3O6. The Balaban J connectivity index is 3.61. The van der Waals surface area contributed by atoms with Crippen LogP contribution in [0.15, 0.2) is 12.1 Å². The Kier molecular flexibility index (Phi) is 5.42. The average molecular weight is 318 g/mol. The van der Waals surface area contributed by atoms with Crippen LogP contribution in [0.4, 0.5) is 17.1 Å². The lowest BCUT2D eigenvalue weighted by atomic mass is 10.1. The zero-order chi connectivity index (χ0) is 16.2. The normalized spacial score (nSPS) is 10.2. The van der Waals surface area contributed by atoms with E-state index in [0.29, 0.717) is 12.6 Å². The predicted octanol–water partition coefficient (Wildman–Crippen LogP) is 2.27. The number of anilines is 1. The number of nitrogens with zero attached hydrogens (tertiary/aromatic N) is 3. The summed E-state index contributed by atoms with van der Waals surface area (Å²) in [6.45, 7) is 2.29. The Hall–Kier alpha value is -2.42. The highest BCUT2D eigenvalue weighted by molar-refractivity contribution is 6.18. The lowest BCUT2D eigenvalue weighted by molar-refractivity contribution is -0.393. The molecule has 21 heavy (non-hydrogen) atoms. The lowest BCUT2D eigenvalue weighted by Gasteiger charge is -2.21. The van der Waals surface area contributed by atoms with Crippen LogP contribution in [0.1, 0.15) is 17.3 Å². The first-order valence-corrected chi connectivity index (χ1v) is 6.37. The third kappa shape index (κ3) is 3.57. The second-order valence-corrected chi connectivity index (χ2v) is 4.32. The van der Waals surface area contributed by atoms with Gasteiger partial charge in [0.15, 0.2) is 0 Å². The molecule has 0 spiro atoms. The molecule has 0 bridgehead atoms. The Labute approximate surface area is 124 Å². The number of hydrogen-bond acceptors (Lipinski definition) is 6. The summed E-state index contributed by atoms with van der Waals surface area (Å²) in [7, 11) is 0. The molecule has 0 aliphatic heterocycles. The van der Waals surface area contributed by atoms with Crippen LogP contribution in [0.2, 0.25) is 0 Å². The second kappa shape index (κ2) is 6.84. The number of halogens is 1. The maximum Gasteiger partial charge on any atom is 0.342 e. The molecule has 0 aliphatic carbocycles. The van der Waals surface area contributed by atoms with Crippen molar-refractivity contribution in [3.05, 3.63) is 37.9 Å². The van der Waals surface area contributed by atoms with Gasteiger partial charge in [-0.05, 0) is 13.0 Å². The number of nitro benzene ring substituents is 2. The van der Waals surface area contributed by atoms with Crippen LogP contribution >= 0.6 is 11.6 Å². The summed E-state index contributed by atoms with van der Waals surface area (Å²) in [5.74, 6) is -1.36. The van der Waals surface area contributed by atoms with E-state index in [1.165, 1.54) is 4.90 Å². The van der Waals surface area contributed by atoms with Crippen molar-refractivity contribution < 1.29 is 19.7 Å². The highest BCUT2D eigenvalue weighted by Crippen LogP contribution is 2.35. The summed E-state index contributed by atoms with van der Waals surface area (Å²) in [5, 5.41) is 31.0. The fourth-order valence-corrected chi connectivity index (χ4v) is 2.04. The van der Waals surface area contributed by atoms with E-state index in [-0.39, 0.29) is 18.1 Å². The Bertz CT molecular complexity index is 592. The zero-order valence-corrected chi connectivity index (χ0v) is 11.7. The first-order valence-electron chi connectivity index (χ1n) is 5.84. The lowest BCUT2D eigenvalue weighted by Crippen LogP contribution is -2.26. The fourth-order valence-electron chi connectivity index (χ4n) is 1.84. The third-order valence-electron chi connectivity index (χ3n) is 2.79. The van der Waals surface area contributed by atoms with Crippen LogP contribution in [-0.2, 0) is 0 Å². The van der Waals surface area contributed by atoms with Gasteiger partial charge >= 0.3 is 5.97 Å². The highest BCUT2D eigenvalue weighted by Gasteiger charge is 2.29. The van der Waals surface area contributed by atoms with Crippen LogP contribution in [0, 0.1) is 20.2 Å². The predicted molar refractivity (Wildman–Crippen MR) is 75.3 cm³/mol. The van der Waals surface area contributed by atoms with Gasteiger partial charge in [-0.1, -0.05) is 0 Å². The van der Waals surface area contributed by atoms with E-state index < -0.39 is 32.8 Å². The van der Waals surface area contributed by atoms with Gasteiger partial charge in [0.25, 0.3) is 11.4 Å². The molecule has 0 saturated heterocycles. The first kappa shape index (κ1) is 16.6. The number of hydrogen-bond donors (Lipinski definition) is 1. The molecule has 0 saturated carbocycles. The van der Waals surface area contributed by atoms with Crippen molar-refractivity contribution >= 4 is 34.6 Å². The van der Waals surface area contributed by atoms with Crippen molar-refractivity contribution in [3.63, 3.8) is 0 Å². The molecule has 1 aromatic carbocycles. The molecule has 1 rings (SSSR count). The molecule has 0 unspecified atom stereocenters. The van der Waals surface area contributed by atoms with Crippen molar-refractivity contribution in [1.82, 2.24) is 0 Å². The average Bonchev–Trinajstić information content (AvgIpc) is 2.42. The minimum absolute atomic E-state index is 0.00819. The van der Waals surface area contributed by atoms with Crippen molar-refractivity contribution in [3.8, 4) is 0 Å². The highest BCUT2D eigenvalue weighted by atomic mass is 35.5. The molecule has 0 heterocycles. The minimum Gasteiger partial charge on any atom is -0.477 e. The van der Waals surface area contributed by atoms with Crippen molar-refractivity contribution in [1.29, 1.82) is 0 Å². The molecule has 1 N–H and O–H groups in total. The van der Waals surface area contributed by atoms with Gasteiger partial charge in [-0.2, -0.15) is 0 Å². The minimum atomic E-state index is -1.53.